The molecule has 35 heavy (non-hydrogen) atoms. The molecular formula is C28H27ClFN3O2. The van der Waals surface area contributed by atoms with Gasteiger partial charge in [-0.1, -0.05) is 62.7 Å². The number of nitrogens with zero attached hydrogens (tertiary/aromatic N) is 2. The molecule has 4 rings (SSSR count). The van der Waals surface area contributed by atoms with E-state index in [0.29, 0.717) is 28.6 Å². The van der Waals surface area contributed by atoms with Crippen molar-refractivity contribution in [2.24, 2.45) is 0 Å². The van der Waals surface area contributed by atoms with Crippen molar-refractivity contribution < 1.29 is 13.9 Å². The summed E-state index contributed by atoms with van der Waals surface area (Å²) in [6.07, 6.45) is 1.66. The van der Waals surface area contributed by atoms with E-state index < -0.39 is 5.82 Å². The summed E-state index contributed by atoms with van der Waals surface area (Å²) in [5.41, 5.74) is 3.03. The average Bonchev–Trinajstić information content (AvgIpc) is 3.27. The second kappa shape index (κ2) is 10.3. The third-order valence-electron chi connectivity index (χ3n) is 5.58. The van der Waals surface area contributed by atoms with Crippen molar-refractivity contribution in [1.29, 1.82) is 0 Å². The van der Waals surface area contributed by atoms with E-state index in [0.717, 1.165) is 11.3 Å². The largest absolute Gasteiger partial charge is 0.489 e. The lowest BCUT2D eigenvalue weighted by Crippen LogP contribution is -2.13. The Hall–Kier alpha value is -3.64. The minimum absolute atomic E-state index is 0.0842. The number of anilines is 1. The van der Waals surface area contributed by atoms with Crippen molar-refractivity contribution >= 4 is 23.3 Å². The highest BCUT2D eigenvalue weighted by atomic mass is 35.5. The van der Waals surface area contributed by atoms with E-state index in [2.05, 4.69) is 43.3 Å². The van der Waals surface area contributed by atoms with Gasteiger partial charge in [-0.3, -0.25) is 9.48 Å². The van der Waals surface area contributed by atoms with E-state index >= 15 is 0 Å². The van der Waals surface area contributed by atoms with E-state index in [1.807, 2.05) is 24.3 Å². The molecule has 0 atom stereocenters. The van der Waals surface area contributed by atoms with Crippen LogP contribution in [0.2, 0.25) is 5.02 Å². The Morgan fingerprint density at radius 3 is 2.51 bits per heavy atom. The van der Waals surface area contributed by atoms with Crippen molar-refractivity contribution in [3.63, 3.8) is 0 Å². The van der Waals surface area contributed by atoms with Crippen LogP contribution >= 0.6 is 11.6 Å². The number of halogens is 2. The van der Waals surface area contributed by atoms with Gasteiger partial charge in [0.1, 0.15) is 18.2 Å². The number of rotatable bonds is 7. The number of hydrogen-bond donors (Lipinski definition) is 1. The van der Waals surface area contributed by atoms with E-state index in [4.69, 9.17) is 16.3 Å². The topological polar surface area (TPSA) is 56.1 Å². The standard InChI is InChI=1S/C28H27ClFN3O2/c1-28(2,3)21-10-12-22(13-11-21)35-18-19-6-4-7-20(16-19)27(34)31-26-14-15-33(32-26)17-23-24(29)8-5-9-25(23)30/h4-16H,17-18H2,1-3H3,(H,31,32,34). The van der Waals surface area contributed by atoms with Crippen LogP contribution in [0.1, 0.15) is 47.8 Å². The minimum atomic E-state index is -0.400. The number of carbonyl (C=O) groups is 1. The predicted octanol–water partition coefficient (Wildman–Crippen LogP) is 6.85. The second-order valence-corrected chi connectivity index (χ2v) is 9.72. The first kappa shape index (κ1) is 24.5. The van der Waals surface area contributed by atoms with E-state index in [9.17, 15) is 9.18 Å². The minimum Gasteiger partial charge on any atom is -0.489 e. The van der Waals surface area contributed by atoms with E-state index in [-0.39, 0.29) is 17.9 Å². The third-order valence-corrected chi connectivity index (χ3v) is 5.93. The molecule has 0 bridgehead atoms. The fourth-order valence-corrected chi connectivity index (χ4v) is 3.79. The summed E-state index contributed by atoms with van der Waals surface area (Å²) < 4.78 is 21.5. The van der Waals surface area contributed by atoms with Gasteiger partial charge in [0.05, 0.1) is 6.54 Å². The van der Waals surface area contributed by atoms with Crippen LogP contribution in [0, 0.1) is 5.82 Å². The first-order chi connectivity index (χ1) is 16.7. The molecule has 1 heterocycles. The van der Waals surface area contributed by atoms with Crippen LogP contribution in [0.25, 0.3) is 0 Å². The molecule has 1 amide bonds. The molecule has 180 valence electrons. The first-order valence-electron chi connectivity index (χ1n) is 11.3. The van der Waals surface area contributed by atoms with Crippen LogP contribution in [0.5, 0.6) is 5.75 Å². The lowest BCUT2D eigenvalue weighted by molar-refractivity contribution is 0.102. The summed E-state index contributed by atoms with van der Waals surface area (Å²) in [5.74, 6) is 0.440. The van der Waals surface area contributed by atoms with Crippen LogP contribution in [0.4, 0.5) is 10.2 Å². The molecule has 7 heteroatoms. The van der Waals surface area contributed by atoms with Gasteiger partial charge in [0, 0.05) is 28.4 Å². The van der Waals surface area contributed by atoms with Gasteiger partial charge < -0.3 is 10.1 Å². The van der Waals surface area contributed by atoms with E-state index in [1.54, 1.807) is 36.5 Å². The Morgan fingerprint density at radius 2 is 1.80 bits per heavy atom. The maximum absolute atomic E-state index is 14.0. The molecule has 0 aliphatic heterocycles. The second-order valence-electron chi connectivity index (χ2n) is 9.32. The van der Waals surface area contributed by atoms with Crippen molar-refractivity contribution in [2.45, 2.75) is 39.3 Å². The van der Waals surface area contributed by atoms with Crippen molar-refractivity contribution in [1.82, 2.24) is 9.78 Å². The summed E-state index contributed by atoms with van der Waals surface area (Å²) >= 11 is 6.09. The molecule has 1 N–H and O–H groups in total. The molecule has 4 aromatic rings. The molecule has 0 aliphatic rings. The molecule has 0 saturated heterocycles. The smallest absolute Gasteiger partial charge is 0.256 e. The first-order valence-corrected chi connectivity index (χ1v) is 11.7. The molecular weight excluding hydrogens is 465 g/mol. The number of aromatic nitrogens is 2. The van der Waals surface area contributed by atoms with Gasteiger partial charge in [-0.05, 0) is 52.9 Å². The quantitative estimate of drug-likeness (QED) is 0.307. The molecule has 0 unspecified atom stereocenters. The van der Waals surface area contributed by atoms with Crippen LogP contribution < -0.4 is 10.1 Å². The Balaban J connectivity index is 1.37. The van der Waals surface area contributed by atoms with Crippen LogP contribution in [-0.2, 0) is 18.6 Å². The predicted molar refractivity (Wildman–Crippen MR) is 137 cm³/mol. The number of amides is 1. The van der Waals surface area contributed by atoms with Gasteiger partial charge in [0.25, 0.3) is 5.91 Å². The monoisotopic (exact) mass is 491 g/mol. The zero-order chi connectivity index (χ0) is 25.0. The lowest BCUT2D eigenvalue weighted by Gasteiger charge is -2.19. The van der Waals surface area contributed by atoms with Gasteiger partial charge in [0.2, 0.25) is 0 Å². The molecule has 0 radical (unpaired) electrons. The normalized spacial score (nSPS) is 11.3. The highest BCUT2D eigenvalue weighted by Gasteiger charge is 2.14. The van der Waals surface area contributed by atoms with Crippen LogP contribution in [0.15, 0.2) is 79.0 Å². The number of nitrogens with one attached hydrogen (secondary N) is 1. The molecule has 5 nitrogen and oxygen atoms in total. The van der Waals surface area contributed by atoms with Gasteiger partial charge >= 0.3 is 0 Å². The van der Waals surface area contributed by atoms with E-state index in [1.165, 1.54) is 16.3 Å². The van der Waals surface area contributed by atoms with Crippen molar-refractivity contribution in [2.75, 3.05) is 5.32 Å². The van der Waals surface area contributed by atoms with Gasteiger partial charge in [0.15, 0.2) is 5.82 Å². The summed E-state index contributed by atoms with van der Waals surface area (Å²) in [6.45, 7) is 7.01. The number of carbonyl (C=O) groups excluding carboxylic acids is 1. The molecule has 0 fully saturated rings. The summed E-state index contributed by atoms with van der Waals surface area (Å²) in [5, 5.41) is 7.42. The molecule has 1 aromatic heterocycles. The van der Waals surface area contributed by atoms with Gasteiger partial charge in [-0.25, -0.2) is 4.39 Å². The molecule has 3 aromatic carbocycles. The summed E-state index contributed by atoms with van der Waals surface area (Å²) in [6, 6.07) is 21.5. The zero-order valence-corrected chi connectivity index (χ0v) is 20.6. The fraction of sp³-hybridized carbons (Fsp3) is 0.214. The Morgan fingerprint density at radius 1 is 1.06 bits per heavy atom. The number of ether oxygens (including phenoxy) is 1. The van der Waals surface area contributed by atoms with Crippen molar-refractivity contribution in [3.8, 4) is 5.75 Å². The Kier molecular flexibility index (Phi) is 7.22. The lowest BCUT2D eigenvalue weighted by atomic mass is 9.87. The third kappa shape index (κ3) is 6.28. The highest BCUT2D eigenvalue weighted by molar-refractivity contribution is 6.31. The number of benzene rings is 3. The Labute approximate surface area is 209 Å². The SMILES string of the molecule is CC(C)(C)c1ccc(OCc2cccc(C(=O)Nc3ccn(Cc4c(F)cccc4Cl)n3)c2)cc1. The summed E-state index contributed by atoms with van der Waals surface area (Å²) in [4.78, 5) is 12.8. The molecule has 0 saturated carbocycles. The van der Waals surface area contributed by atoms with Crippen LogP contribution in [-0.4, -0.2) is 15.7 Å². The van der Waals surface area contributed by atoms with Gasteiger partial charge in [-0.15, -0.1) is 0 Å². The Bertz CT molecular complexity index is 1310. The fourth-order valence-electron chi connectivity index (χ4n) is 3.57. The number of hydrogen-bond acceptors (Lipinski definition) is 3. The van der Waals surface area contributed by atoms with Gasteiger partial charge in [-0.2, -0.15) is 5.10 Å². The highest BCUT2D eigenvalue weighted by Crippen LogP contribution is 2.25. The van der Waals surface area contributed by atoms with Crippen LogP contribution in [0.3, 0.4) is 0 Å². The average molecular weight is 492 g/mol. The van der Waals surface area contributed by atoms with Crippen molar-refractivity contribution in [3.05, 3.63) is 112 Å². The molecule has 0 aliphatic carbocycles. The summed E-state index contributed by atoms with van der Waals surface area (Å²) in [7, 11) is 0. The molecule has 0 spiro atoms. The maximum Gasteiger partial charge on any atom is 0.256 e. The maximum atomic E-state index is 14.0. The zero-order valence-electron chi connectivity index (χ0n) is 19.9.